The zero-order valence-electron chi connectivity index (χ0n) is 34.1. The Labute approximate surface area is 343 Å². The van der Waals surface area contributed by atoms with E-state index in [4.69, 9.17) is 19.4 Å². The minimum absolute atomic E-state index is 0.0739. The van der Waals surface area contributed by atoms with Crippen molar-refractivity contribution in [3.05, 3.63) is 163 Å². The fourth-order valence-corrected chi connectivity index (χ4v) is 8.38. The Bertz CT molecular complexity index is 3250. The first-order valence-electron chi connectivity index (χ1n) is 20.1. The van der Waals surface area contributed by atoms with Crippen LogP contribution in [0.1, 0.15) is 52.7 Å². The lowest BCUT2D eigenvalue weighted by atomic mass is 9.84. The van der Waals surface area contributed by atoms with Crippen LogP contribution in [-0.4, -0.2) is 24.6 Å². The maximum absolute atomic E-state index is 11.7. The molecule has 59 heavy (non-hydrogen) atoms. The highest BCUT2D eigenvalue weighted by Crippen LogP contribution is 2.45. The number of aromatic hydroxyl groups is 1. The van der Waals surface area contributed by atoms with E-state index < -0.39 is 0 Å². The molecule has 0 unspecified atom stereocenters. The molecule has 0 aliphatic rings. The molecule has 6 aromatic carbocycles. The van der Waals surface area contributed by atoms with Gasteiger partial charge in [-0.15, -0.1) is 0 Å². The van der Waals surface area contributed by atoms with Crippen molar-refractivity contribution in [2.24, 2.45) is 0 Å². The van der Waals surface area contributed by atoms with Crippen LogP contribution in [0.2, 0.25) is 0 Å². The van der Waals surface area contributed by atoms with Crippen LogP contribution in [0.25, 0.3) is 94.3 Å². The maximum atomic E-state index is 11.7. The van der Waals surface area contributed by atoms with Crippen LogP contribution in [0.15, 0.2) is 156 Å². The number of nitrogens with zero attached hydrogens (tertiary/aromatic N) is 4. The summed E-state index contributed by atoms with van der Waals surface area (Å²) in [5.41, 5.74) is 13.6. The number of phenolic OH excluding ortho intramolecular Hbond substituents is 1. The average molecular weight is 769 g/mol. The van der Waals surface area contributed by atoms with E-state index >= 15 is 0 Å². The predicted molar refractivity (Wildman–Crippen MR) is 242 cm³/mol. The van der Waals surface area contributed by atoms with Crippen LogP contribution in [0.3, 0.4) is 0 Å². The van der Waals surface area contributed by atoms with Gasteiger partial charge >= 0.3 is 0 Å². The van der Waals surface area contributed by atoms with Gasteiger partial charge in [-0.3, -0.25) is 14.5 Å². The van der Waals surface area contributed by atoms with Gasteiger partial charge in [0.2, 0.25) is 0 Å². The molecule has 4 heterocycles. The molecule has 0 aliphatic heterocycles. The molecule has 6 nitrogen and oxygen atoms in total. The van der Waals surface area contributed by atoms with Crippen LogP contribution < -0.4 is 0 Å². The summed E-state index contributed by atoms with van der Waals surface area (Å²) in [6, 6.07) is 46.0. The first kappa shape index (κ1) is 36.3. The smallest absolute Gasteiger partial charge is 0.147 e. The molecule has 0 aliphatic carbocycles. The molecule has 1 N–H and O–H groups in total. The van der Waals surface area contributed by atoms with Gasteiger partial charge < -0.3 is 9.52 Å². The van der Waals surface area contributed by atoms with Gasteiger partial charge in [0.05, 0.1) is 27.8 Å². The zero-order chi connectivity index (χ0) is 40.6. The molecular formula is C53H44N4O2. The molecule has 0 spiro atoms. The van der Waals surface area contributed by atoms with E-state index in [9.17, 15) is 5.11 Å². The van der Waals surface area contributed by atoms with E-state index in [1.165, 1.54) is 11.1 Å². The Morgan fingerprint density at radius 2 is 1.34 bits per heavy atom. The number of fused-ring (bicyclic) bond motifs is 5. The van der Waals surface area contributed by atoms with Gasteiger partial charge in [-0.1, -0.05) is 114 Å². The van der Waals surface area contributed by atoms with Crippen molar-refractivity contribution < 1.29 is 9.52 Å². The summed E-state index contributed by atoms with van der Waals surface area (Å²) in [5.74, 6) is 0.851. The molecule has 0 radical (unpaired) electrons. The van der Waals surface area contributed by atoms with Gasteiger partial charge in [-0.2, -0.15) is 0 Å². The molecule has 0 saturated heterocycles. The third kappa shape index (κ3) is 6.14. The standard InChI is InChI=1S/C53H44N4O2/c1-52(2,3)36-21-23-43(41(28-36)32-14-8-7-9-15-32)57-44-19-12-18-40(47-45(58)24-22-39-38-17-10-11-20-46(38)59-50(39)47)49(44)56-51(57)35-26-34(30-54-31-35)42-29-37(53(4,5)6)27-33-16-13-25-55-48(33)42/h7-31,58H,1-6H3. The third-order valence-corrected chi connectivity index (χ3v) is 11.5. The number of imidazole rings is 1. The number of phenols is 1. The third-order valence-electron chi connectivity index (χ3n) is 11.5. The molecule has 288 valence electrons. The SMILES string of the molecule is CC(C)(C)c1ccc(-n2c(-c3cncc(-c4cc(C(C)(C)C)cc5cccnc45)c3)nc3c(-c4c(O)ccc5c4oc4ccccc45)cccc32)c(-c2ccccc2)c1. The second kappa shape index (κ2) is 13.5. The number of para-hydroxylation sites is 2. The van der Waals surface area contributed by atoms with Gasteiger partial charge in [-0.05, 0) is 88.2 Å². The molecule has 0 bridgehead atoms. The number of benzene rings is 6. The highest BCUT2D eigenvalue weighted by Gasteiger charge is 2.26. The van der Waals surface area contributed by atoms with E-state index in [0.717, 1.165) is 83.2 Å². The first-order chi connectivity index (χ1) is 28.4. The van der Waals surface area contributed by atoms with Crippen molar-refractivity contribution in [3.8, 4) is 56.2 Å². The number of hydrogen-bond acceptors (Lipinski definition) is 5. The highest BCUT2D eigenvalue weighted by atomic mass is 16.3. The molecular weight excluding hydrogens is 725 g/mol. The largest absolute Gasteiger partial charge is 0.507 e. The number of rotatable bonds is 5. The van der Waals surface area contributed by atoms with Crippen molar-refractivity contribution in [2.75, 3.05) is 0 Å². The van der Waals surface area contributed by atoms with Gasteiger partial charge in [0.25, 0.3) is 0 Å². The second-order valence-corrected chi connectivity index (χ2v) is 17.5. The molecule has 4 aromatic heterocycles. The van der Waals surface area contributed by atoms with Crippen molar-refractivity contribution in [1.29, 1.82) is 0 Å². The molecule has 6 heteroatoms. The molecule has 10 aromatic rings. The van der Waals surface area contributed by atoms with E-state index in [1.54, 1.807) is 6.07 Å². The van der Waals surface area contributed by atoms with Crippen LogP contribution in [0.5, 0.6) is 5.75 Å². The van der Waals surface area contributed by atoms with Crippen molar-refractivity contribution in [2.45, 2.75) is 52.4 Å². The van der Waals surface area contributed by atoms with Crippen LogP contribution in [-0.2, 0) is 10.8 Å². The van der Waals surface area contributed by atoms with Gasteiger partial charge in [-0.25, -0.2) is 4.98 Å². The Hall–Kier alpha value is -7.05. The van der Waals surface area contributed by atoms with Crippen molar-refractivity contribution in [3.63, 3.8) is 0 Å². The monoisotopic (exact) mass is 768 g/mol. The first-order valence-corrected chi connectivity index (χ1v) is 20.1. The second-order valence-electron chi connectivity index (χ2n) is 17.5. The Balaban J connectivity index is 1.29. The minimum atomic E-state index is -0.0749. The molecule has 0 fully saturated rings. The van der Waals surface area contributed by atoms with Crippen molar-refractivity contribution >= 4 is 43.9 Å². The summed E-state index contributed by atoms with van der Waals surface area (Å²) in [5, 5.41) is 14.7. The Morgan fingerprint density at radius 1 is 0.576 bits per heavy atom. The molecule has 10 rings (SSSR count). The Morgan fingerprint density at radius 3 is 2.15 bits per heavy atom. The number of pyridine rings is 2. The lowest BCUT2D eigenvalue weighted by molar-refractivity contribution is 0.477. The quantitative estimate of drug-likeness (QED) is 0.189. The summed E-state index contributed by atoms with van der Waals surface area (Å²) in [4.78, 5) is 15.3. The van der Waals surface area contributed by atoms with E-state index in [0.29, 0.717) is 11.1 Å². The predicted octanol–water partition coefficient (Wildman–Crippen LogP) is 13.8. The van der Waals surface area contributed by atoms with E-state index in [1.807, 2.05) is 61.1 Å². The van der Waals surface area contributed by atoms with Gasteiger partial charge in [0.15, 0.2) is 0 Å². The van der Waals surface area contributed by atoms with Crippen LogP contribution >= 0.6 is 0 Å². The van der Waals surface area contributed by atoms with Crippen molar-refractivity contribution in [1.82, 2.24) is 19.5 Å². The lowest BCUT2D eigenvalue weighted by Crippen LogP contribution is -2.12. The van der Waals surface area contributed by atoms with E-state index in [-0.39, 0.29) is 16.6 Å². The molecule has 0 saturated carbocycles. The molecule has 0 amide bonds. The average Bonchev–Trinajstić information content (AvgIpc) is 3.82. The summed E-state index contributed by atoms with van der Waals surface area (Å²) in [7, 11) is 0. The lowest BCUT2D eigenvalue weighted by Gasteiger charge is -2.23. The van der Waals surface area contributed by atoms with E-state index in [2.05, 4.69) is 131 Å². The van der Waals surface area contributed by atoms with Crippen LogP contribution in [0, 0.1) is 0 Å². The normalized spacial score (nSPS) is 12.3. The summed E-state index contributed by atoms with van der Waals surface area (Å²) >= 11 is 0. The number of hydrogen-bond donors (Lipinski definition) is 1. The fraction of sp³-hybridized carbons (Fsp3) is 0.151. The minimum Gasteiger partial charge on any atom is -0.507 e. The highest BCUT2D eigenvalue weighted by molar-refractivity contribution is 6.13. The molecule has 0 atom stereocenters. The van der Waals surface area contributed by atoms with Crippen LogP contribution in [0.4, 0.5) is 0 Å². The topological polar surface area (TPSA) is 77.0 Å². The Kier molecular flexibility index (Phi) is 8.32. The summed E-state index contributed by atoms with van der Waals surface area (Å²) in [6.45, 7) is 13.5. The zero-order valence-corrected chi connectivity index (χ0v) is 34.1. The van der Waals surface area contributed by atoms with Gasteiger partial charge in [0, 0.05) is 62.6 Å². The van der Waals surface area contributed by atoms with Gasteiger partial charge in [0.1, 0.15) is 22.7 Å². The summed E-state index contributed by atoms with van der Waals surface area (Å²) < 4.78 is 8.77. The fourth-order valence-electron chi connectivity index (χ4n) is 8.38. The maximum Gasteiger partial charge on any atom is 0.147 e. The summed E-state index contributed by atoms with van der Waals surface area (Å²) in [6.07, 6.45) is 5.67. The number of aromatic nitrogens is 4. The number of furan rings is 1.